The van der Waals surface area contributed by atoms with E-state index in [1.54, 1.807) is 42.5 Å². The van der Waals surface area contributed by atoms with E-state index in [1.807, 2.05) is 4.90 Å². The number of carbonyl (C=O) groups excluding carboxylic acids is 1. The standard InChI is InChI=1S/C20H19F2N3O3S2/c21-20(22)29-16-7-3-2-6-15(16)23-19(26)13-9-11-25(12-10-13)18-14-5-1-4-8-17(14)30(27,28)24-18/h1-8,13,20H,9-12H2,(H,23,26). The highest BCUT2D eigenvalue weighted by atomic mass is 32.2. The molecule has 158 valence electrons. The molecule has 2 aliphatic rings. The fourth-order valence-electron chi connectivity index (χ4n) is 3.67. The molecule has 6 nitrogen and oxygen atoms in total. The number of fused-ring (bicyclic) bond motifs is 1. The van der Waals surface area contributed by atoms with E-state index in [0.717, 1.165) is 0 Å². The van der Waals surface area contributed by atoms with Crippen LogP contribution < -0.4 is 5.32 Å². The number of para-hydroxylation sites is 1. The maximum Gasteiger partial charge on any atom is 0.288 e. The summed E-state index contributed by atoms with van der Waals surface area (Å²) in [6.07, 6.45) is 1.02. The zero-order valence-corrected chi connectivity index (χ0v) is 17.4. The van der Waals surface area contributed by atoms with Crippen LogP contribution in [0.5, 0.6) is 0 Å². The molecule has 1 saturated heterocycles. The number of benzene rings is 2. The Morgan fingerprint density at radius 2 is 1.77 bits per heavy atom. The maximum absolute atomic E-state index is 12.7. The first kappa shape index (κ1) is 20.8. The number of rotatable bonds is 4. The monoisotopic (exact) mass is 451 g/mol. The van der Waals surface area contributed by atoms with E-state index >= 15 is 0 Å². The molecule has 4 rings (SSSR count). The summed E-state index contributed by atoms with van der Waals surface area (Å²) in [6.45, 7) is 0.961. The van der Waals surface area contributed by atoms with Gasteiger partial charge in [0.25, 0.3) is 15.8 Å². The van der Waals surface area contributed by atoms with Gasteiger partial charge < -0.3 is 10.2 Å². The number of nitrogens with zero attached hydrogens (tertiary/aromatic N) is 2. The number of sulfonamides is 1. The Kier molecular flexibility index (Phi) is 5.79. The number of carbonyl (C=O) groups is 1. The normalized spacial score (nSPS) is 18.2. The van der Waals surface area contributed by atoms with Crippen molar-refractivity contribution in [2.24, 2.45) is 10.3 Å². The third-order valence-electron chi connectivity index (χ3n) is 5.14. The van der Waals surface area contributed by atoms with Gasteiger partial charge in [0.2, 0.25) is 5.91 Å². The number of piperidine rings is 1. The molecule has 1 fully saturated rings. The van der Waals surface area contributed by atoms with E-state index in [-0.39, 0.29) is 16.7 Å². The highest BCUT2D eigenvalue weighted by Gasteiger charge is 2.34. The molecule has 2 heterocycles. The Balaban J connectivity index is 1.42. The molecule has 0 saturated carbocycles. The number of alkyl halides is 2. The average molecular weight is 452 g/mol. The highest BCUT2D eigenvalue weighted by molar-refractivity contribution is 7.99. The van der Waals surface area contributed by atoms with Crippen molar-refractivity contribution in [1.29, 1.82) is 0 Å². The molecule has 30 heavy (non-hydrogen) atoms. The van der Waals surface area contributed by atoms with Crippen LogP contribution in [0.2, 0.25) is 0 Å². The molecule has 0 radical (unpaired) electrons. The van der Waals surface area contributed by atoms with E-state index in [4.69, 9.17) is 0 Å². The third-order valence-corrected chi connectivity index (χ3v) is 7.25. The van der Waals surface area contributed by atoms with E-state index in [9.17, 15) is 22.0 Å². The fraction of sp³-hybridized carbons (Fsp3) is 0.300. The average Bonchev–Trinajstić information content (AvgIpc) is 3.00. The number of anilines is 1. The Hall–Kier alpha value is -2.46. The second kappa shape index (κ2) is 8.35. The number of nitrogens with one attached hydrogen (secondary N) is 1. The summed E-state index contributed by atoms with van der Waals surface area (Å²) in [5.41, 5.74) is 0.953. The van der Waals surface area contributed by atoms with Crippen molar-refractivity contribution >= 4 is 39.2 Å². The summed E-state index contributed by atoms with van der Waals surface area (Å²) in [6, 6.07) is 13.2. The van der Waals surface area contributed by atoms with E-state index in [2.05, 4.69) is 9.71 Å². The van der Waals surface area contributed by atoms with Crippen LogP contribution in [0, 0.1) is 5.92 Å². The number of amides is 1. The van der Waals surface area contributed by atoms with Gasteiger partial charge in [0.1, 0.15) is 4.90 Å². The predicted octanol–water partition coefficient (Wildman–Crippen LogP) is 3.80. The van der Waals surface area contributed by atoms with Crippen molar-refractivity contribution in [2.75, 3.05) is 18.4 Å². The second-order valence-electron chi connectivity index (χ2n) is 7.01. The molecule has 0 bridgehead atoms. The predicted molar refractivity (Wildman–Crippen MR) is 111 cm³/mol. The zero-order chi connectivity index (χ0) is 21.3. The van der Waals surface area contributed by atoms with Crippen LogP contribution in [0.15, 0.2) is 62.7 Å². The largest absolute Gasteiger partial charge is 0.355 e. The molecular formula is C20H19F2N3O3S2. The van der Waals surface area contributed by atoms with Gasteiger partial charge in [0.05, 0.1) is 5.69 Å². The minimum atomic E-state index is -3.69. The third kappa shape index (κ3) is 4.20. The van der Waals surface area contributed by atoms with Gasteiger partial charge in [0.15, 0.2) is 5.84 Å². The van der Waals surface area contributed by atoms with Gasteiger partial charge >= 0.3 is 0 Å². The molecule has 2 aliphatic heterocycles. The lowest BCUT2D eigenvalue weighted by Gasteiger charge is -2.32. The van der Waals surface area contributed by atoms with E-state index in [0.29, 0.717) is 59.7 Å². The number of halogens is 2. The van der Waals surface area contributed by atoms with Crippen LogP contribution in [-0.2, 0) is 14.8 Å². The van der Waals surface area contributed by atoms with E-state index in [1.165, 1.54) is 6.07 Å². The molecule has 0 atom stereocenters. The lowest BCUT2D eigenvalue weighted by Crippen LogP contribution is -2.41. The number of thioether (sulfide) groups is 1. The minimum Gasteiger partial charge on any atom is -0.355 e. The van der Waals surface area contributed by atoms with Gasteiger partial charge in [-0.25, -0.2) is 0 Å². The molecule has 2 aromatic rings. The van der Waals surface area contributed by atoms with Gasteiger partial charge in [0, 0.05) is 29.5 Å². The van der Waals surface area contributed by atoms with Crippen molar-refractivity contribution in [2.45, 2.75) is 28.4 Å². The van der Waals surface area contributed by atoms with Crippen LogP contribution in [-0.4, -0.2) is 43.9 Å². The van der Waals surface area contributed by atoms with Gasteiger partial charge in [-0.1, -0.05) is 36.0 Å². The number of hydrogen-bond donors (Lipinski definition) is 1. The van der Waals surface area contributed by atoms with Gasteiger partial charge in [-0.2, -0.15) is 17.2 Å². The summed E-state index contributed by atoms with van der Waals surface area (Å²) in [7, 11) is -3.69. The van der Waals surface area contributed by atoms with Crippen molar-refractivity contribution in [1.82, 2.24) is 4.90 Å². The molecule has 1 N–H and O–H groups in total. The van der Waals surface area contributed by atoms with Crippen molar-refractivity contribution in [3.05, 3.63) is 54.1 Å². The first-order chi connectivity index (χ1) is 14.3. The van der Waals surface area contributed by atoms with Crippen molar-refractivity contribution in [3.63, 3.8) is 0 Å². The lowest BCUT2D eigenvalue weighted by molar-refractivity contribution is -0.121. The Morgan fingerprint density at radius 1 is 1.10 bits per heavy atom. The minimum absolute atomic E-state index is 0.202. The number of hydrogen-bond acceptors (Lipinski definition) is 5. The maximum atomic E-state index is 12.7. The summed E-state index contributed by atoms with van der Waals surface area (Å²) in [5.74, 6) is -2.67. The molecule has 1 amide bonds. The second-order valence-corrected chi connectivity index (χ2v) is 9.62. The van der Waals surface area contributed by atoms with Gasteiger partial charge in [-0.15, -0.1) is 4.40 Å². The smallest absolute Gasteiger partial charge is 0.288 e. The van der Waals surface area contributed by atoms with Crippen LogP contribution in [0.4, 0.5) is 14.5 Å². The summed E-state index contributed by atoms with van der Waals surface area (Å²) >= 11 is 0.395. The molecule has 0 unspecified atom stereocenters. The van der Waals surface area contributed by atoms with Crippen LogP contribution in [0.25, 0.3) is 0 Å². The van der Waals surface area contributed by atoms with Crippen LogP contribution in [0.3, 0.4) is 0 Å². The molecule has 2 aromatic carbocycles. The fourth-order valence-corrected chi connectivity index (χ4v) is 5.50. The Bertz CT molecular complexity index is 1100. The van der Waals surface area contributed by atoms with Gasteiger partial charge in [-0.3, -0.25) is 4.79 Å². The topological polar surface area (TPSA) is 78.8 Å². The lowest BCUT2D eigenvalue weighted by atomic mass is 9.95. The van der Waals surface area contributed by atoms with Gasteiger partial charge in [-0.05, 0) is 37.1 Å². The number of likely N-dealkylation sites (tertiary alicyclic amines) is 1. The van der Waals surface area contributed by atoms with Crippen molar-refractivity contribution < 1.29 is 22.0 Å². The first-order valence-corrected chi connectivity index (χ1v) is 11.7. The Labute approximate surface area is 177 Å². The summed E-state index contributed by atoms with van der Waals surface area (Å²) < 4.78 is 53.9. The highest BCUT2D eigenvalue weighted by Crippen LogP contribution is 2.33. The van der Waals surface area contributed by atoms with Crippen molar-refractivity contribution in [3.8, 4) is 0 Å². The molecule has 10 heteroatoms. The zero-order valence-electron chi connectivity index (χ0n) is 15.8. The first-order valence-electron chi connectivity index (χ1n) is 9.39. The summed E-state index contributed by atoms with van der Waals surface area (Å²) in [4.78, 5) is 15.1. The van der Waals surface area contributed by atoms with Crippen LogP contribution in [0.1, 0.15) is 18.4 Å². The molecular weight excluding hydrogens is 432 g/mol. The SMILES string of the molecule is O=C(Nc1ccccc1SC(F)F)C1CCN(C2=NS(=O)(=O)c3ccccc32)CC1. The molecule has 0 aromatic heterocycles. The summed E-state index contributed by atoms with van der Waals surface area (Å²) in [5, 5.41) is 2.76. The Morgan fingerprint density at radius 3 is 2.50 bits per heavy atom. The van der Waals surface area contributed by atoms with Crippen LogP contribution >= 0.6 is 11.8 Å². The van der Waals surface area contributed by atoms with E-state index < -0.39 is 15.8 Å². The number of amidine groups is 1. The molecule has 0 spiro atoms. The molecule has 0 aliphatic carbocycles. The quantitative estimate of drug-likeness (QED) is 0.716.